The molecular formula is C20H22ClNO4S. The molecule has 5 nitrogen and oxygen atoms in total. The van der Waals surface area contributed by atoms with Gasteiger partial charge in [-0.2, -0.15) is 0 Å². The Morgan fingerprint density at radius 2 is 1.89 bits per heavy atom. The predicted molar refractivity (Wildman–Crippen MR) is 106 cm³/mol. The minimum absolute atomic E-state index is 0.0137. The van der Waals surface area contributed by atoms with Crippen molar-refractivity contribution in [3.8, 4) is 5.75 Å². The van der Waals surface area contributed by atoms with Crippen LogP contribution in [-0.4, -0.2) is 43.4 Å². The fourth-order valence-electron chi connectivity index (χ4n) is 3.22. The van der Waals surface area contributed by atoms with E-state index >= 15 is 0 Å². The second kappa shape index (κ2) is 8.31. The first-order valence-corrected chi connectivity index (χ1v) is 11.1. The molecule has 0 aromatic heterocycles. The van der Waals surface area contributed by atoms with Crippen LogP contribution in [0.5, 0.6) is 5.75 Å². The number of hydrogen-bond donors (Lipinski definition) is 0. The first-order valence-electron chi connectivity index (χ1n) is 8.87. The van der Waals surface area contributed by atoms with Crippen LogP contribution in [0.3, 0.4) is 0 Å². The Morgan fingerprint density at radius 1 is 1.19 bits per heavy atom. The molecule has 0 unspecified atom stereocenters. The molecule has 1 saturated heterocycles. The molecule has 0 spiro atoms. The van der Waals surface area contributed by atoms with Gasteiger partial charge in [0.1, 0.15) is 5.75 Å². The highest BCUT2D eigenvalue weighted by atomic mass is 35.5. The summed E-state index contributed by atoms with van der Waals surface area (Å²) in [5.41, 5.74) is 1.29. The molecule has 1 fully saturated rings. The molecule has 1 atom stereocenters. The Bertz CT molecular complexity index is 912. The molecule has 7 heteroatoms. The van der Waals surface area contributed by atoms with Gasteiger partial charge in [0, 0.05) is 23.2 Å². The molecule has 0 N–H and O–H groups in total. The van der Waals surface area contributed by atoms with Crippen LogP contribution >= 0.6 is 11.6 Å². The number of nitrogens with zero attached hydrogens (tertiary/aromatic N) is 1. The summed E-state index contributed by atoms with van der Waals surface area (Å²) >= 11 is 6.26. The summed E-state index contributed by atoms with van der Waals surface area (Å²) in [5, 5.41) is 0.558. The predicted octanol–water partition coefficient (Wildman–Crippen LogP) is 3.57. The third-order valence-corrected chi connectivity index (χ3v) is 6.74. The van der Waals surface area contributed by atoms with E-state index in [2.05, 4.69) is 0 Å². The van der Waals surface area contributed by atoms with Crippen molar-refractivity contribution in [2.24, 2.45) is 0 Å². The van der Waals surface area contributed by atoms with Gasteiger partial charge in [0.2, 0.25) is 0 Å². The number of amides is 1. The molecule has 0 bridgehead atoms. The summed E-state index contributed by atoms with van der Waals surface area (Å²) in [6.45, 7) is 2.71. The highest BCUT2D eigenvalue weighted by Gasteiger charge is 2.35. The molecule has 1 amide bonds. The molecule has 1 heterocycles. The van der Waals surface area contributed by atoms with Crippen LogP contribution in [0.4, 0.5) is 0 Å². The average molecular weight is 408 g/mol. The van der Waals surface area contributed by atoms with E-state index in [1.807, 2.05) is 25.1 Å². The number of hydrogen-bond acceptors (Lipinski definition) is 4. The Balaban J connectivity index is 1.88. The van der Waals surface area contributed by atoms with E-state index in [1.165, 1.54) is 0 Å². The van der Waals surface area contributed by atoms with Gasteiger partial charge in [0.05, 0.1) is 18.1 Å². The van der Waals surface area contributed by atoms with Crippen molar-refractivity contribution < 1.29 is 17.9 Å². The maximum atomic E-state index is 13.2. The van der Waals surface area contributed by atoms with Crippen molar-refractivity contribution in [2.75, 3.05) is 18.1 Å². The number of carbonyl (C=O) groups excluding carboxylic acids is 1. The van der Waals surface area contributed by atoms with Crippen LogP contribution in [-0.2, 0) is 16.4 Å². The van der Waals surface area contributed by atoms with E-state index in [-0.39, 0.29) is 30.0 Å². The fraction of sp³-hybridized carbons (Fsp3) is 0.350. The van der Waals surface area contributed by atoms with E-state index < -0.39 is 9.84 Å². The summed E-state index contributed by atoms with van der Waals surface area (Å²) in [5.74, 6) is 0.572. The number of rotatable bonds is 6. The lowest BCUT2D eigenvalue weighted by molar-refractivity contribution is 0.0681. The van der Waals surface area contributed by atoms with Crippen molar-refractivity contribution in [1.29, 1.82) is 0 Å². The minimum Gasteiger partial charge on any atom is -0.494 e. The van der Waals surface area contributed by atoms with Gasteiger partial charge in [0.25, 0.3) is 5.91 Å². The van der Waals surface area contributed by atoms with Crippen LogP contribution in [0.1, 0.15) is 29.3 Å². The van der Waals surface area contributed by atoms with Gasteiger partial charge in [-0.05, 0) is 49.2 Å². The van der Waals surface area contributed by atoms with Crippen LogP contribution in [0, 0.1) is 0 Å². The molecule has 0 radical (unpaired) electrons. The third-order valence-electron chi connectivity index (χ3n) is 4.62. The lowest BCUT2D eigenvalue weighted by Crippen LogP contribution is -2.40. The first-order chi connectivity index (χ1) is 12.9. The summed E-state index contributed by atoms with van der Waals surface area (Å²) in [7, 11) is -3.12. The molecule has 0 aliphatic carbocycles. The first kappa shape index (κ1) is 19.7. The number of halogens is 1. The summed E-state index contributed by atoms with van der Waals surface area (Å²) in [6.07, 6.45) is 0.440. The van der Waals surface area contributed by atoms with Crippen LogP contribution in [0.25, 0.3) is 0 Å². The quantitative estimate of drug-likeness (QED) is 0.734. The standard InChI is InChI=1S/C20H22ClNO4S/c1-2-26-18-9-7-15(8-10-18)20(23)22(17-11-12-27(24,25)14-17)13-16-5-3-4-6-19(16)21/h3-10,17H,2,11-14H2,1H3/t17-/m0/s1. The molecule has 1 aliphatic heterocycles. The van der Waals surface area contributed by atoms with Gasteiger partial charge < -0.3 is 9.64 Å². The smallest absolute Gasteiger partial charge is 0.254 e. The van der Waals surface area contributed by atoms with Gasteiger partial charge in [-0.25, -0.2) is 8.42 Å². The normalized spacial score (nSPS) is 18.2. The van der Waals surface area contributed by atoms with E-state index in [0.29, 0.717) is 29.4 Å². The monoisotopic (exact) mass is 407 g/mol. The maximum Gasteiger partial charge on any atom is 0.254 e. The van der Waals surface area contributed by atoms with Crippen molar-refractivity contribution in [1.82, 2.24) is 4.90 Å². The van der Waals surface area contributed by atoms with Crippen LogP contribution < -0.4 is 4.74 Å². The summed E-state index contributed by atoms with van der Waals surface area (Å²) < 4.78 is 29.3. The zero-order valence-electron chi connectivity index (χ0n) is 15.1. The Kier molecular flexibility index (Phi) is 6.07. The molecule has 0 saturated carbocycles. The van der Waals surface area contributed by atoms with E-state index in [0.717, 1.165) is 5.56 Å². The summed E-state index contributed by atoms with van der Waals surface area (Å²) in [6, 6.07) is 13.8. The molecule has 3 rings (SSSR count). The van der Waals surface area contributed by atoms with E-state index in [4.69, 9.17) is 16.3 Å². The Hall–Kier alpha value is -2.05. The van der Waals surface area contributed by atoms with Crippen LogP contribution in [0.2, 0.25) is 5.02 Å². The van der Waals surface area contributed by atoms with Gasteiger partial charge in [-0.1, -0.05) is 29.8 Å². The van der Waals surface area contributed by atoms with Gasteiger partial charge in [-0.3, -0.25) is 4.79 Å². The highest BCUT2D eigenvalue weighted by Crippen LogP contribution is 2.25. The lowest BCUT2D eigenvalue weighted by atomic mass is 10.1. The largest absolute Gasteiger partial charge is 0.494 e. The molecule has 2 aromatic carbocycles. The van der Waals surface area contributed by atoms with Gasteiger partial charge >= 0.3 is 0 Å². The second-order valence-electron chi connectivity index (χ2n) is 6.54. The Labute approximate surface area is 164 Å². The molecular weight excluding hydrogens is 386 g/mol. The van der Waals surface area contributed by atoms with Gasteiger partial charge in [0.15, 0.2) is 9.84 Å². The van der Waals surface area contributed by atoms with Crippen molar-refractivity contribution in [2.45, 2.75) is 25.9 Å². The molecule has 2 aromatic rings. The van der Waals surface area contributed by atoms with Crippen molar-refractivity contribution >= 4 is 27.3 Å². The number of carbonyl (C=O) groups is 1. The average Bonchev–Trinajstić information content (AvgIpc) is 3.01. The minimum atomic E-state index is -3.12. The number of benzene rings is 2. The van der Waals surface area contributed by atoms with E-state index in [9.17, 15) is 13.2 Å². The SMILES string of the molecule is CCOc1ccc(C(=O)N(Cc2ccccc2Cl)[C@H]2CCS(=O)(=O)C2)cc1. The number of ether oxygens (including phenoxy) is 1. The molecule has 144 valence electrons. The van der Waals surface area contributed by atoms with Crippen molar-refractivity contribution in [3.63, 3.8) is 0 Å². The Morgan fingerprint density at radius 3 is 2.48 bits per heavy atom. The van der Waals surface area contributed by atoms with E-state index in [1.54, 1.807) is 35.2 Å². The van der Waals surface area contributed by atoms with Gasteiger partial charge in [-0.15, -0.1) is 0 Å². The zero-order chi connectivity index (χ0) is 19.4. The molecule has 1 aliphatic rings. The molecule has 27 heavy (non-hydrogen) atoms. The second-order valence-corrected chi connectivity index (χ2v) is 9.17. The van der Waals surface area contributed by atoms with Crippen molar-refractivity contribution in [3.05, 3.63) is 64.7 Å². The number of sulfone groups is 1. The third kappa shape index (κ3) is 4.82. The topological polar surface area (TPSA) is 63.7 Å². The summed E-state index contributed by atoms with van der Waals surface area (Å²) in [4.78, 5) is 14.8. The zero-order valence-corrected chi connectivity index (χ0v) is 16.7. The lowest BCUT2D eigenvalue weighted by Gasteiger charge is -2.29. The highest BCUT2D eigenvalue weighted by molar-refractivity contribution is 7.91. The van der Waals surface area contributed by atoms with Crippen LogP contribution in [0.15, 0.2) is 48.5 Å². The fourth-order valence-corrected chi connectivity index (χ4v) is 5.15. The maximum absolute atomic E-state index is 13.2.